The predicted octanol–water partition coefficient (Wildman–Crippen LogP) is 3.60. The third-order valence-electron chi connectivity index (χ3n) is 3.50. The number of nitro groups is 1. The van der Waals surface area contributed by atoms with Crippen LogP contribution in [0.1, 0.15) is 32.6 Å². The zero-order valence-electron chi connectivity index (χ0n) is 11.2. The molecule has 1 fully saturated rings. The molecule has 104 valence electrons. The van der Waals surface area contributed by atoms with Gasteiger partial charge in [0.15, 0.2) is 0 Å². The molecular formula is C14H20N2O3. The molecule has 0 heterocycles. The lowest BCUT2D eigenvalue weighted by atomic mass is 9.83. The lowest BCUT2D eigenvalue weighted by molar-refractivity contribution is -0.384. The Hall–Kier alpha value is -1.78. The van der Waals surface area contributed by atoms with Crippen LogP contribution in [0.4, 0.5) is 11.4 Å². The molecule has 0 bridgehead atoms. The second kappa shape index (κ2) is 6.41. The maximum absolute atomic E-state index is 10.9. The number of nitrogens with zero attached hydrogens (tertiary/aromatic N) is 1. The molecule has 0 radical (unpaired) electrons. The number of non-ortho nitro benzene ring substituents is 1. The van der Waals surface area contributed by atoms with Gasteiger partial charge in [-0.2, -0.15) is 0 Å². The summed E-state index contributed by atoms with van der Waals surface area (Å²) >= 11 is 0. The molecule has 0 aromatic heterocycles. The Bertz CT molecular complexity index is 444. The molecule has 0 atom stereocenters. The third-order valence-corrected chi connectivity index (χ3v) is 3.50. The number of hydrogen-bond acceptors (Lipinski definition) is 4. The van der Waals surface area contributed by atoms with Gasteiger partial charge in [0.25, 0.3) is 5.69 Å². The van der Waals surface area contributed by atoms with Gasteiger partial charge in [-0.15, -0.1) is 0 Å². The smallest absolute Gasteiger partial charge is 0.275 e. The molecule has 0 saturated heterocycles. The molecular weight excluding hydrogens is 244 g/mol. The normalized spacial score (nSPS) is 14.8. The van der Waals surface area contributed by atoms with Crippen LogP contribution in [-0.4, -0.2) is 18.1 Å². The van der Waals surface area contributed by atoms with E-state index in [4.69, 9.17) is 4.74 Å². The van der Waals surface area contributed by atoms with E-state index in [9.17, 15) is 10.1 Å². The number of benzene rings is 1. The van der Waals surface area contributed by atoms with E-state index in [2.05, 4.69) is 5.32 Å². The van der Waals surface area contributed by atoms with Gasteiger partial charge < -0.3 is 10.1 Å². The van der Waals surface area contributed by atoms with E-state index < -0.39 is 0 Å². The molecule has 0 amide bonds. The maximum Gasteiger partial charge on any atom is 0.275 e. The van der Waals surface area contributed by atoms with E-state index in [1.54, 1.807) is 0 Å². The van der Waals surface area contributed by atoms with E-state index in [-0.39, 0.29) is 10.6 Å². The molecule has 1 N–H and O–H groups in total. The number of nitro benzene ring substituents is 1. The summed E-state index contributed by atoms with van der Waals surface area (Å²) in [5, 5.41) is 13.9. The predicted molar refractivity (Wildman–Crippen MR) is 74.7 cm³/mol. The SMILES string of the molecule is CCNc1cc(OCCC2CCC2)cc([N+](=O)[O-])c1. The summed E-state index contributed by atoms with van der Waals surface area (Å²) in [5.41, 5.74) is 0.799. The second-order valence-corrected chi connectivity index (χ2v) is 4.94. The van der Waals surface area contributed by atoms with Crippen molar-refractivity contribution in [2.24, 2.45) is 5.92 Å². The number of rotatable bonds is 7. The van der Waals surface area contributed by atoms with Crippen LogP contribution in [0, 0.1) is 16.0 Å². The standard InChI is InChI=1S/C14H20N2O3/c1-2-15-12-8-13(16(17)18)10-14(9-12)19-7-6-11-4-3-5-11/h8-11,15H,2-7H2,1H3. The van der Waals surface area contributed by atoms with E-state index in [1.807, 2.05) is 13.0 Å². The van der Waals surface area contributed by atoms with Crippen LogP contribution >= 0.6 is 0 Å². The Labute approximate surface area is 113 Å². The van der Waals surface area contributed by atoms with Crippen LogP contribution in [0.3, 0.4) is 0 Å². The van der Waals surface area contributed by atoms with Crippen molar-refractivity contribution in [2.45, 2.75) is 32.6 Å². The fraction of sp³-hybridized carbons (Fsp3) is 0.571. The summed E-state index contributed by atoms with van der Waals surface area (Å²) in [4.78, 5) is 10.5. The van der Waals surface area contributed by atoms with Crippen LogP contribution in [0.2, 0.25) is 0 Å². The Kier molecular flexibility index (Phi) is 4.60. The summed E-state index contributed by atoms with van der Waals surface area (Å²) in [6.07, 6.45) is 4.95. The summed E-state index contributed by atoms with van der Waals surface area (Å²) in [6.45, 7) is 3.32. The van der Waals surface area contributed by atoms with Crippen molar-refractivity contribution >= 4 is 11.4 Å². The monoisotopic (exact) mass is 264 g/mol. The molecule has 0 aliphatic heterocycles. The fourth-order valence-electron chi connectivity index (χ4n) is 2.20. The van der Waals surface area contributed by atoms with Crippen molar-refractivity contribution < 1.29 is 9.66 Å². The molecule has 2 rings (SSSR count). The Morgan fingerprint density at radius 2 is 2.21 bits per heavy atom. The molecule has 0 unspecified atom stereocenters. The van der Waals surface area contributed by atoms with Gasteiger partial charge in [0.2, 0.25) is 0 Å². The van der Waals surface area contributed by atoms with Gasteiger partial charge in [-0.25, -0.2) is 0 Å². The molecule has 1 aliphatic rings. The first-order valence-electron chi connectivity index (χ1n) is 6.85. The molecule has 1 saturated carbocycles. The highest BCUT2D eigenvalue weighted by molar-refractivity contribution is 5.56. The number of hydrogen-bond donors (Lipinski definition) is 1. The van der Waals surface area contributed by atoms with E-state index in [1.165, 1.54) is 31.4 Å². The van der Waals surface area contributed by atoms with Crippen molar-refractivity contribution in [2.75, 3.05) is 18.5 Å². The summed E-state index contributed by atoms with van der Waals surface area (Å²) in [6, 6.07) is 4.83. The average molecular weight is 264 g/mol. The molecule has 0 spiro atoms. The summed E-state index contributed by atoms with van der Waals surface area (Å²) in [7, 11) is 0. The quantitative estimate of drug-likeness (QED) is 0.603. The Morgan fingerprint density at radius 1 is 1.42 bits per heavy atom. The average Bonchev–Trinajstić information content (AvgIpc) is 2.32. The van der Waals surface area contributed by atoms with Gasteiger partial charge in [-0.3, -0.25) is 10.1 Å². The maximum atomic E-state index is 10.9. The zero-order chi connectivity index (χ0) is 13.7. The lowest BCUT2D eigenvalue weighted by Crippen LogP contribution is -2.14. The van der Waals surface area contributed by atoms with Crippen molar-refractivity contribution in [3.8, 4) is 5.75 Å². The fourth-order valence-corrected chi connectivity index (χ4v) is 2.20. The number of ether oxygens (including phenoxy) is 1. The molecule has 19 heavy (non-hydrogen) atoms. The van der Waals surface area contributed by atoms with Crippen LogP contribution in [0.5, 0.6) is 5.75 Å². The minimum Gasteiger partial charge on any atom is -0.493 e. The second-order valence-electron chi connectivity index (χ2n) is 4.94. The minimum absolute atomic E-state index is 0.0668. The first-order valence-corrected chi connectivity index (χ1v) is 6.85. The van der Waals surface area contributed by atoms with Crippen LogP contribution in [0.25, 0.3) is 0 Å². The van der Waals surface area contributed by atoms with Gasteiger partial charge in [-0.05, 0) is 19.3 Å². The van der Waals surface area contributed by atoms with Crippen molar-refractivity contribution in [3.63, 3.8) is 0 Å². The van der Waals surface area contributed by atoms with Crippen molar-refractivity contribution in [1.29, 1.82) is 0 Å². The first kappa shape index (κ1) is 13.6. The molecule has 1 aliphatic carbocycles. The molecule has 5 nitrogen and oxygen atoms in total. The first-order chi connectivity index (χ1) is 9.19. The van der Waals surface area contributed by atoms with E-state index >= 15 is 0 Å². The molecule has 1 aromatic rings. The third kappa shape index (κ3) is 3.84. The van der Waals surface area contributed by atoms with Gasteiger partial charge in [0, 0.05) is 24.4 Å². The van der Waals surface area contributed by atoms with Gasteiger partial charge in [0.1, 0.15) is 5.75 Å². The van der Waals surface area contributed by atoms with E-state index in [0.29, 0.717) is 12.4 Å². The summed E-state index contributed by atoms with van der Waals surface area (Å²) < 4.78 is 5.65. The number of nitrogens with one attached hydrogen (secondary N) is 1. The van der Waals surface area contributed by atoms with Crippen LogP contribution < -0.4 is 10.1 Å². The Balaban J connectivity index is 1.98. The van der Waals surface area contributed by atoms with Gasteiger partial charge >= 0.3 is 0 Å². The Morgan fingerprint density at radius 3 is 2.79 bits per heavy atom. The lowest BCUT2D eigenvalue weighted by Gasteiger charge is -2.25. The van der Waals surface area contributed by atoms with Crippen molar-refractivity contribution in [3.05, 3.63) is 28.3 Å². The van der Waals surface area contributed by atoms with Gasteiger partial charge in [0.05, 0.1) is 17.6 Å². The summed E-state index contributed by atoms with van der Waals surface area (Å²) in [5.74, 6) is 1.36. The largest absolute Gasteiger partial charge is 0.493 e. The molecule has 5 heteroatoms. The van der Waals surface area contributed by atoms with E-state index in [0.717, 1.165) is 24.6 Å². The topological polar surface area (TPSA) is 64.4 Å². The zero-order valence-corrected chi connectivity index (χ0v) is 11.2. The molecule has 1 aromatic carbocycles. The van der Waals surface area contributed by atoms with Crippen molar-refractivity contribution in [1.82, 2.24) is 0 Å². The van der Waals surface area contributed by atoms with Crippen LogP contribution in [-0.2, 0) is 0 Å². The highest BCUT2D eigenvalue weighted by Crippen LogP contribution is 2.30. The highest BCUT2D eigenvalue weighted by atomic mass is 16.6. The van der Waals surface area contributed by atoms with Gasteiger partial charge in [-0.1, -0.05) is 19.3 Å². The minimum atomic E-state index is -0.389. The number of anilines is 1. The highest BCUT2D eigenvalue weighted by Gasteiger charge is 2.17. The van der Waals surface area contributed by atoms with Crippen LogP contribution in [0.15, 0.2) is 18.2 Å².